The van der Waals surface area contributed by atoms with Gasteiger partial charge in [-0.15, -0.1) is 0 Å². The van der Waals surface area contributed by atoms with Gasteiger partial charge in [-0.25, -0.2) is 9.98 Å². The monoisotopic (exact) mass is 234 g/mol. The lowest BCUT2D eigenvalue weighted by Gasteiger charge is -2.17. The third-order valence-corrected chi connectivity index (χ3v) is 2.64. The van der Waals surface area contributed by atoms with E-state index in [1.54, 1.807) is 0 Å². The zero-order valence-corrected chi connectivity index (χ0v) is 10.1. The molecule has 2 heterocycles. The van der Waals surface area contributed by atoms with Gasteiger partial charge in [0.15, 0.2) is 11.9 Å². The number of nitrogens with one attached hydrogen (secondary N) is 3. The minimum atomic E-state index is -0.118. The highest BCUT2D eigenvalue weighted by molar-refractivity contribution is 5.99. The Hall–Kier alpha value is -1.98. The number of rotatable bonds is 3. The van der Waals surface area contributed by atoms with Crippen LogP contribution in [0, 0.1) is 6.92 Å². The number of hydrogen-bond acceptors (Lipinski definition) is 5. The van der Waals surface area contributed by atoms with Crippen LogP contribution >= 0.6 is 0 Å². The second kappa shape index (κ2) is 4.90. The van der Waals surface area contributed by atoms with Crippen molar-refractivity contribution >= 4 is 11.9 Å². The first-order chi connectivity index (χ1) is 8.15. The molecule has 1 atom stereocenters. The molecule has 1 aromatic heterocycles. The minimum absolute atomic E-state index is 0.118. The van der Waals surface area contributed by atoms with E-state index in [0.29, 0.717) is 11.9 Å². The van der Waals surface area contributed by atoms with Crippen molar-refractivity contribution in [2.45, 2.75) is 26.4 Å². The van der Waals surface area contributed by atoms with E-state index in [2.05, 4.69) is 32.5 Å². The molecule has 92 valence electrons. The lowest BCUT2D eigenvalue weighted by Crippen LogP contribution is -2.48. The van der Waals surface area contributed by atoms with Crippen molar-refractivity contribution in [1.29, 1.82) is 0 Å². The zero-order chi connectivity index (χ0) is 12.3. The fraction of sp³-hybridized carbons (Fsp3) is 0.455. The van der Waals surface area contributed by atoms with Crippen molar-refractivity contribution in [1.82, 2.24) is 15.6 Å². The number of H-pyrrole nitrogens is 1. The van der Waals surface area contributed by atoms with Crippen molar-refractivity contribution in [3.05, 3.63) is 23.5 Å². The van der Waals surface area contributed by atoms with E-state index in [1.807, 2.05) is 19.3 Å². The van der Waals surface area contributed by atoms with Gasteiger partial charge in [0.25, 0.3) is 0 Å². The summed E-state index contributed by atoms with van der Waals surface area (Å²) in [5, 5.41) is 6.11. The highest BCUT2D eigenvalue weighted by Gasteiger charge is 2.09. The SMILES string of the molecule is Cc1c[nH]cc1CCNC1=NC(C)N=C(N)N1. The molecule has 1 unspecified atom stereocenters. The summed E-state index contributed by atoms with van der Waals surface area (Å²) in [6.45, 7) is 4.80. The molecule has 0 saturated carbocycles. The summed E-state index contributed by atoms with van der Waals surface area (Å²) in [6.07, 6.45) is 4.85. The van der Waals surface area contributed by atoms with Crippen LogP contribution in [0.5, 0.6) is 0 Å². The third-order valence-electron chi connectivity index (χ3n) is 2.64. The summed E-state index contributed by atoms with van der Waals surface area (Å²) in [6, 6.07) is 0. The molecule has 0 amide bonds. The Bertz CT molecular complexity index is 445. The molecule has 0 bridgehead atoms. The van der Waals surface area contributed by atoms with Gasteiger partial charge in [-0.2, -0.15) is 0 Å². The van der Waals surface area contributed by atoms with Crippen molar-refractivity contribution in [2.75, 3.05) is 6.54 Å². The molecule has 1 aliphatic rings. The maximum Gasteiger partial charge on any atom is 0.200 e. The number of aromatic amines is 1. The summed E-state index contributed by atoms with van der Waals surface area (Å²) < 4.78 is 0. The lowest BCUT2D eigenvalue weighted by molar-refractivity contribution is 0.736. The van der Waals surface area contributed by atoms with Gasteiger partial charge in [0, 0.05) is 18.9 Å². The number of aryl methyl sites for hydroxylation is 1. The highest BCUT2D eigenvalue weighted by atomic mass is 15.3. The van der Waals surface area contributed by atoms with Crippen molar-refractivity contribution in [3.8, 4) is 0 Å². The summed E-state index contributed by atoms with van der Waals surface area (Å²) in [4.78, 5) is 11.4. The normalized spacial score (nSPS) is 19.3. The number of hydrogen-bond donors (Lipinski definition) is 4. The van der Waals surface area contributed by atoms with Crippen molar-refractivity contribution in [2.24, 2.45) is 15.7 Å². The topological polar surface area (TPSA) is 90.6 Å². The Morgan fingerprint density at radius 1 is 1.41 bits per heavy atom. The maximum absolute atomic E-state index is 5.62. The van der Waals surface area contributed by atoms with Gasteiger partial charge in [-0.1, -0.05) is 0 Å². The fourth-order valence-corrected chi connectivity index (χ4v) is 1.75. The van der Waals surface area contributed by atoms with E-state index < -0.39 is 0 Å². The lowest BCUT2D eigenvalue weighted by atomic mass is 10.1. The van der Waals surface area contributed by atoms with Crippen molar-refractivity contribution < 1.29 is 0 Å². The molecule has 2 rings (SSSR count). The van der Waals surface area contributed by atoms with Gasteiger partial charge >= 0.3 is 0 Å². The molecule has 0 saturated heterocycles. The Morgan fingerprint density at radius 2 is 2.24 bits per heavy atom. The molecule has 0 fully saturated rings. The number of aliphatic imine (C=N–C) groups is 2. The van der Waals surface area contributed by atoms with Crippen LogP contribution in [0.25, 0.3) is 0 Å². The molecule has 6 heteroatoms. The Kier molecular flexibility index (Phi) is 3.32. The zero-order valence-electron chi connectivity index (χ0n) is 10.1. The molecule has 1 aliphatic heterocycles. The predicted octanol–water partition coefficient (Wildman–Crippen LogP) is 0.0751. The maximum atomic E-state index is 5.62. The van der Waals surface area contributed by atoms with Crippen LogP contribution in [0.4, 0.5) is 0 Å². The summed E-state index contributed by atoms with van der Waals surface area (Å²) >= 11 is 0. The molecule has 0 aliphatic carbocycles. The van der Waals surface area contributed by atoms with Gasteiger partial charge < -0.3 is 16.0 Å². The Morgan fingerprint density at radius 3 is 2.88 bits per heavy atom. The highest BCUT2D eigenvalue weighted by Crippen LogP contribution is 2.05. The van der Waals surface area contributed by atoms with E-state index in [4.69, 9.17) is 5.73 Å². The molecule has 17 heavy (non-hydrogen) atoms. The standard InChI is InChI=1S/C11H18N6/c1-7-5-13-6-9(7)3-4-14-11-16-8(2)15-10(12)17-11/h5-6,8,13H,3-4H2,1-2H3,(H4,12,14,15,16,17). The van der Waals surface area contributed by atoms with E-state index in [9.17, 15) is 0 Å². The predicted molar refractivity (Wildman–Crippen MR) is 68.9 cm³/mol. The fourth-order valence-electron chi connectivity index (χ4n) is 1.75. The minimum Gasteiger partial charge on any atom is -0.370 e. The second-order valence-corrected chi connectivity index (χ2v) is 4.09. The molecule has 5 N–H and O–H groups in total. The van der Waals surface area contributed by atoms with Crippen LogP contribution in [0.2, 0.25) is 0 Å². The summed E-state index contributed by atoms with van der Waals surface area (Å²) in [5.74, 6) is 1.10. The van der Waals surface area contributed by atoms with E-state index >= 15 is 0 Å². The quantitative estimate of drug-likeness (QED) is 0.597. The van der Waals surface area contributed by atoms with Crippen LogP contribution < -0.4 is 16.4 Å². The largest absolute Gasteiger partial charge is 0.370 e. The summed E-state index contributed by atoms with van der Waals surface area (Å²) in [5.41, 5.74) is 8.21. The third kappa shape index (κ3) is 2.99. The Balaban J connectivity index is 1.82. The summed E-state index contributed by atoms with van der Waals surface area (Å²) in [7, 11) is 0. The number of nitrogens with two attached hydrogens (primary N) is 1. The molecule has 0 spiro atoms. The molecule has 0 aromatic carbocycles. The second-order valence-electron chi connectivity index (χ2n) is 4.09. The van der Waals surface area contributed by atoms with Crippen LogP contribution in [0.3, 0.4) is 0 Å². The Labute approximate surface area is 100 Å². The number of aromatic nitrogens is 1. The van der Waals surface area contributed by atoms with Gasteiger partial charge in [-0.3, -0.25) is 5.32 Å². The van der Waals surface area contributed by atoms with Gasteiger partial charge in [0.2, 0.25) is 0 Å². The van der Waals surface area contributed by atoms with Crippen molar-refractivity contribution in [3.63, 3.8) is 0 Å². The van der Waals surface area contributed by atoms with E-state index in [-0.39, 0.29) is 6.17 Å². The number of guanidine groups is 2. The van der Waals surface area contributed by atoms with Crippen LogP contribution in [0.1, 0.15) is 18.1 Å². The molecular weight excluding hydrogens is 216 g/mol. The first kappa shape index (κ1) is 11.5. The van der Waals surface area contributed by atoms with E-state index in [0.717, 1.165) is 13.0 Å². The first-order valence-corrected chi connectivity index (χ1v) is 5.69. The van der Waals surface area contributed by atoms with Crippen LogP contribution in [-0.2, 0) is 6.42 Å². The smallest absolute Gasteiger partial charge is 0.200 e. The van der Waals surface area contributed by atoms with Gasteiger partial charge in [-0.05, 0) is 31.4 Å². The molecular formula is C11H18N6. The molecule has 6 nitrogen and oxygen atoms in total. The van der Waals surface area contributed by atoms with Crippen LogP contribution in [-0.4, -0.2) is 29.6 Å². The van der Waals surface area contributed by atoms with Gasteiger partial charge in [0.1, 0.15) is 6.17 Å². The molecule has 0 radical (unpaired) electrons. The average molecular weight is 234 g/mol. The van der Waals surface area contributed by atoms with E-state index in [1.165, 1.54) is 11.1 Å². The van der Waals surface area contributed by atoms with Crippen LogP contribution in [0.15, 0.2) is 22.4 Å². The first-order valence-electron chi connectivity index (χ1n) is 5.69. The number of nitrogens with zero attached hydrogens (tertiary/aromatic N) is 2. The molecule has 1 aromatic rings. The van der Waals surface area contributed by atoms with Gasteiger partial charge in [0.05, 0.1) is 0 Å². The average Bonchev–Trinajstić information content (AvgIpc) is 2.63.